The molecule has 1 aliphatic heterocycles. The molecule has 0 atom stereocenters. The van der Waals surface area contributed by atoms with Crippen LogP contribution in [0.2, 0.25) is 0 Å². The molecule has 2 fully saturated rings. The second-order valence-corrected chi connectivity index (χ2v) is 7.99. The Kier molecular flexibility index (Phi) is 5.04. The first-order chi connectivity index (χ1) is 14.3. The zero-order chi connectivity index (χ0) is 19.6. The van der Waals surface area contributed by atoms with Crippen LogP contribution >= 0.6 is 0 Å². The second-order valence-electron chi connectivity index (χ2n) is 7.99. The number of fused-ring (bicyclic) bond motifs is 1. The molecule has 1 aromatic carbocycles. The molecule has 150 valence electrons. The highest BCUT2D eigenvalue weighted by molar-refractivity contribution is 5.96. The molecule has 0 spiro atoms. The highest BCUT2D eigenvalue weighted by atomic mass is 16.5. The monoisotopic (exact) mass is 391 g/mol. The Morgan fingerprint density at radius 3 is 2.41 bits per heavy atom. The maximum Gasteiger partial charge on any atom is 0.251 e. The molecular weight excluding hydrogens is 366 g/mol. The van der Waals surface area contributed by atoms with Crippen molar-refractivity contribution in [1.82, 2.24) is 15.6 Å². The first-order valence-electron chi connectivity index (χ1n) is 10.3. The van der Waals surface area contributed by atoms with Crippen LogP contribution in [0.15, 0.2) is 53.3 Å². The molecule has 1 saturated heterocycles. The van der Waals surface area contributed by atoms with E-state index in [1.165, 1.54) is 0 Å². The summed E-state index contributed by atoms with van der Waals surface area (Å²) < 4.78 is 10.7. The lowest BCUT2D eigenvalue weighted by atomic mass is 9.90. The van der Waals surface area contributed by atoms with Crippen LogP contribution in [0.5, 0.6) is 0 Å². The maximum absolute atomic E-state index is 12.7. The molecule has 2 aliphatic rings. The minimum Gasteiger partial charge on any atom is -0.464 e. The Morgan fingerprint density at radius 2 is 1.69 bits per heavy atom. The van der Waals surface area contributed by atoms with Gasteiger partial charge in [-0.2, -0.15) is 0 Å². The molecule has 6 nitrogen and oxygen atoms in total. The third-order valence-electron chi connectivity index (χ3n) is 5.97. The van der Waals surface area contributed by atoms with Crippen molar-refractivity contribution in [3.63, 3.8) is 0 Å². The lowest BCUT2D eigenvalue weighted by molar-refractivity contribution is -0.0122. The number of benzene rings is 1. The molecule has 5 rings (SSSR count). The van der Waals surface area contributed by atoms with Crippen molar-refractivity contribution in [3.05, 3.63) is 54.4 Å². The predicted molar refractivity (Wildman–Crippen MR) is 111 cm³/mol. The smallest absolute Gasteiger partial charge is 0.251 e. The molecule has 0 bridgehead atoms. The third-order valence-corrected chi connectivity index (χ3v) is 5.97. The summed E-state index contributed by atoms with van der Waals surface area (Å²) in [5, 5.41) is 7.82. The molecular formula is C23H25N3O3. The van der Waals surface area contributed by atoms with Crippen LogP contribution in [0.1, 0.15) is 36.0 Å². The van der Waals surface area contributed by atoms with Gasteiger partial charge in [0.1, 0.15) is 5.58 Å². The number of carbonyl (C=O) groups excluding carboxylic acids is 1. The number of hydrogen-bond acceptors (Lipinski definition) is 5. The second kappa shape index (κ2) is 7.97. The molecule has 1 aliphatic carbocycles. The largest absolute Gasteiger partial charge is 0.464 e. The maximum atomic E-state index is 12.7. The highest BCUT2D eigenvalue weighted by Gasteiger charge is 2.27. The first kappa shape index (κ1) is 18.3. The molecule has 1 amide bonds. The van der Waals surface area contributed by atoms with Gasteiger partial charge in [-0.1, -0.05) is 12.1 Å². The number of hydrogen-bond donors (Lipinski definition) is 2. The van der Waals surface area contributed by atoms with E-state index in [4.69, 9.17) is 9.15 Å². The van der Waals surface area contributed by atoms with Crippen LogP contribution in [0.25, 0.3) is 22.2 Å². The van der Waals surface area contributed by atoms with Crippen LogP contribution in [0.4, 0.5) is 0 Å². The van der Waals surface area contributed by atoms with Gasteiger partial charge in [-0.15, -0.1) is 0 Å². The van der Waals surface area contributed by atoms with Gasteiger partial charge in [0.05, 0.1) is 31.2 Å². The minimum absolute atomic E-state index is 0.00479. The molecule has 2 N–H and O–H groups in total. The number of nitrogens with one attached hydrogen (secondary N) is 2. The van der Waals surface area contributed by atoms with Crippen LogP contribution < -0.4 is 10.6 Å². The van der Waals surface area contributed by atoms with Gasteiger partial charge in [0, 0.05) is 34.8 Å². The SMILES string of the molecule is O=C(NC1CCC(NC2COC2)CC1)c1ccc(-c2nccc3occc23)cc1. The van der Waals surface area contributed by atoms with Crippen molar-refractivity contribution in [2.75, 3.05) is 13.2 Å². The quantitative estimate of drug-likeness (QED) is 0.696. The number of carbonyl (C=O) groups is 1. The molecule has 0 radical (unpaired) electrons. The van der Waals surface area contributed by atoms with Crippen LogP contribution in [0.3, 0.4) is 0 Å². The Balaban J connectivity index is 1.19. The van der Waals surface area contributed by atoms with E-state index in [1.807, 2.05) is 36.4 Å². The van der Waals surface area contributed by atoms with E-state index >= 15 is 0 Å². The van der Waals surface area contributed by atoms with Crippen molar-refractivity contribution >= 4 is 16.9 Å². The summed E-state index contributed by atoms with van der Waals surface area (Å²) in [6.45, 7) is 1.66. The van der Waals surface area contributed by atoms with Gasteiger partial charge in [0.25, 0.3) is 5.91 Å². The van der Waals surface area contributed by atoms with Gasteiger partial charge < -0.3 is 19.8 Å². The molecule has 29 heavy (non-hydrogen) atoms. The number of furan rings is 1. The normalized spacial score (nSPS) is 22.3. The first-order valence-corrected chi connectivity index (χ1v) is 10.3. The standard InChI is InChI=1S/C23H25N3O3/c27-23(26-18-7-5-17(6-8-18)25-19-13-28-14-19)16-3-1-15(2-4-16)22-20-10-12-29-21(20)9-11-24-22/h1-4,9-12,17-19,25H,5-8,13-14H2,(H,26,27). The molecule has 3 aromatic rings. The van der Waals surface area contributed by atoms with Gasteiger partial charge in [-0.05, 0) is 49.9 Å². The Bertz CT molecular complexity index is 986. The van der Waals surface area contributed by atoms with Gasteiger partial charge >= 0.3 is 0 Å². The molecule has 3 heterocycles. The van der Waals surface area contributed by atoms with Crippen LogP contribution in [-0.4, -0.2) is 42.2 Å². The lowest BCUT2D eigenvalue weighted by Gasteiger charge is -2.35. The Morgan fingerprint density at radius 1 is 0.931 bits per heavy atom. The Labute approximate surface area is 169 Å². The number of pyridine rings is 1. The summed E-state index contributed by atoms with van der Waals surface area (Å²) in [6, 6.07) is 12.7. The highest BCUT2D eigenvalue weighted by Crippen LogP contribution is 2.27. The van der Waals surface area contributed by atoms with Gasteiger partial charge in [0.2, 0.25) is 0 Å². The minimum atomic E-state index is -0.00479. The van der Waals surface area contributed by atoms with Crippen molar-refractivity contribution in [3.8, 4) is 11.3 Å². The molecule has 0 unspecified atom stereocenters. The van der Waals surface area contributed by atoms with Crippen LogP contribution in [0, 0.1) is 0 Å². The zero-order valence-electron chi connectivity index (χ0n) is 16.3. The molecule has 2 aromatic heterocycles. The van der Waals surface area contributed by atoms with Gasteiger partial charge in [-0.3, -0.25) is 9.78 Å². The average molecular weight is 391 g/mol. The average Bonchev–Trinajstić information content (AvgIpc) is 3.21. The zero-order valence-corrected chi connectivity index (χ0v) is 16.3. The van der Waals surface area contributed by atoms with Crippen molar-refractivity contribution in [2.24, 2.45) is 0 Å². The van der Waals surface area contributed by atoms with E-state index < -0.39 is 0 Å². The third kappa shape index (κ3) is 3.91. The fourth-order valence-corrected chi connectivity index (χ4v) is 4.24. The molecule has 6 heteroatoms. The van der Waals surface area contributed by atoms with E-state index in [2.05, 4.69) is 15.6 Å². The number of nitrogens with zero attached hydrogens (tertiary/aromatic N) is 1. The van der Waals surface area contributed by atoms with Crippen molar-refractivity contribution in [2.45, 2.75) is 43.8 Å². The van der Waals surface area contributed by atoms with E-state index in [0.29, 0.717) is 17.6 Å². The number of ether oxygens (including phenoxy) is 1. The lowest BCUT2D eigenvalue weighted by Crippen LogP contribution is -2.52. The summed E-state index contributed by atoms with van der Waals surface area (Å²) in [6.07, 6.45) is 7.64. The topological polar surface area (TPSA) is 76.4 Å². The van der Waals surface area contributed by atoms with E-state index in [0.717, 1.165) is 61.1 Å². The summed E-state index contributed by atoms with van der Waals surface area (Å²) in [5.74, 6) is -0.00479. The summed E-state index contributed by atoms with van der Waals surface area (Å²) in [4.78, 5) is 17.2. The number of rotatable bonds is 5. The van der Waals surface area contributed by atoms with Gasteiger partial charge in [-0.25, -0.2) is 0 Å². The van der Waals surface area contributed by atoms with E-state index in [1.54, 1.807) is 12.5 Å². The number of aromatic nitrogens is 1. The van der Waals surface area contributed by atoms with E-state index in [-0.39, 0.29) is 11.9 Å². The van der Waals surface area contributed by atoms with Gasteiger partial charge in [0.15, 0.2) is 0 Å². The fraction of sp³-hybridized carbons (Fsp3) is 0.391. The van der Waals surface area contributed by atoms with Crippen molar-refractivity contribution in [1.29, 1.82) is 0 Å². The summed E-state index contributed by atoms with van der Waals surface area (Å²) >= 11 is 0. The molecule has 1 saturated carbocycles. The van der Waals surface area contributed by atoms with E-state index in [9.17, 15) is 4.79 Å². The number of amides is 1. The fourth-order valence-electron chi connectivity index (χ4n) is 4.24. The predicted octanol–water partition coefficient (Wildman–Crippen LogP) is 3.52. The summed E-state index contributed by atoms with van der Waals surface area (Å²) in [5.41, 5.74) is 3.33. The summed E-state index contributed by atoms with van der Waals surface area (Å²) in [7, 11) is 0. The van der Waals surface area contributed by atoms with Crippen molar-refractivity contribution < 1.29 is 13.9 Å². The van der Waals surface area contributed by atoms with Crippen LogP contribution in [-0.2, 0) is 4.74 Å². The Hall–Kier alpha value is -2.70.